The molecule has 0 spiro atoms. The molecule has 0 bridgehead atoms. The molecule has 0 aromatic heterocycles. The van der Waals surface area contributed by atoms with Gasteiger partial charge in [0.05, 0.1) is 37.7 Å². The zero-order chi connectivity index (χ0) is 21.0. The van der Waals surface area contributed by atoms with Crippen molar-refractivity contribution in [2.75, 3.05) is 25.7 Å². The average Bonchev–Trinajstić information content (AvgIpc) is 2.98. The molecule has 0 atom stereocenters. The molecule has 3 rings (SSSR count). The van der Waals surface area contributed by atoms with E-state index in [0.29, 0.717) is 23.7 Å². The minimum Gasteiger partial charge on any atom is -0.497 e. The molecule has 150 valence electrons. The van der Waals surface area contributed by atoms with Crippen molar-refractivity contribution in [1.29, 1.82) is 0 Å². The van der Waals surface area contributed by atoms with Crippen LogP contribution in [0.1, 0.15) is 19.4 Å². The van der Waals surface area contributed by atoms with Crippen molar-refractivity contribution in [2.45, 2.75) is 13.8 Å². The minimum absolute atomic E-state index is 0.245. The van der Waals surface area contributed by atoms with E-state index in [-0.39, 0.29) is 17.1 Å². The van der Waals surface area contributed by atoms with Crippen LogP contribution >= 0.6 is 0 Å². The molecule has 0 saturated carbocycles. The van der Waals surface area contributed by atoms with Crippen LogP contribution in [0.25, 0.3) is 6.08 Å². The highest BCUT2D eigenvalue weighted by atomic mass is 16.5. The Balaban J connectivity index is 2.06. The molecule has 6 nitrogen and oxygen atoms in total. The standard InChI is InChI=1S/C23H23NO5/c1-5-29-18-11-9-16(10-12-18)13-20-21(23(26)28-4)15(2)24(22(20)25)17-7-6-8-19(14-17)27-3/h6-14H,5H2,1-4H3/b20-13-. The fourth-order valence-electron chi connectivity index (χ4n) is 3.23. The highest BCUT2D eigenvalue weighted by Crippen LogP contribution is 2.36. The van der Waals surface area contributed by atoms with Gasteiger partial charge in [-0.2, -0.15) is 0 Å². The third-order valence-corrected chi connectivity index (χ3v) is 4.60. The summed E-state index contributed by atoms with van der Waals surface area (Å²) >= 11 is 0. The highest BCUT2D eigenvalue weighted by Gasteiger charge is 2.38. The number of hydrogen-bond acceptors (Lipinski definition) is 5. The highest BCUT2D eigenvalue weighted by molar-refractivity contribution is 6.23. The van der Waals surface area contributed by atoms with Gasteiger partial charge in [-0.15, -0.1) is 0 Å². The summed E-state index contributed by atoms with van der Waals surface area (Å²) in [5.74, 6) is 0.500. The van der Waals surface area contributed by atoms with Crippen molar-refractivity contribution in [3.8, 4) is 11.5 Å². The van der Waals surface area contributed by atoms with Gasteiger partial charge in [0.15, 0.2) is 0 Å². The van der Waals surface area contributed by atoms with Gasteiger partial charge in [-0.25, -0.2) is 4.79 Å². The summed E-state index contributed by atoms with van der Waals surface area (Å²) in [5, 5.41) is 0. The van der Waals surface area contributed by atoms with Crippen LogP contribution in [0.5, 0.6) is 11.5 Å². The quantitative estimate of drug-likeness (QED) is 0.549. The number of rotatable bonds is 6. The zero-order valence-electron chi connectivity index (χ0n) is 16.9. The fourth-order valence-corrected chi connectivity index (χ4v) is 3.23. The molecule has 1 heterocycles. The first-order chi connectivity index (χ1) is 14.0. The summed E-state index contributed by atoms with van der Waals surface area (Å²) < 4.78 is 15.7. The molecular formula is C23H23NO5. The van der Waals surface area contributed by atoms with E-state index in [1.807, 2.05) is 31.2 Å². The number of ether oxygens (including phenoxy) is 3. The molecule has 29 heavy (non-hydrogen) atoms. The topological polar surface area (TPSA) is 65.1 Å². The van der Waals surface area contributed by atoms with Gasteiger partial charge in [-0.05, 0) is 49.8 Å². The van der Waals surface area contributed by atoms with Crippen LogP contribution < -0.4 is 14.4 Å². The molecule has 1 aliphatic heterocycles. The van der Waals surface area contributed by atoms with Gasteiger partial charge in [-0.3, -0.25) is 9.69 Å². The summed E-state index contributed by atoms with van der Waals surface area (Å²) in [6.07, 6.45) is 1.69. The smallest absolute Gasteiger partial charge is 0.340 e. The van der Waals surface area contributed by atoms with Gasteiger partial charge >= 0.3 is 5.97 Å². The van der Waals surface area contributed by atoms with E-state index in [1.54, 1.807) is 44.4 Å². The zero-order valence-corrected chi connectivity index (χ0v) is 16.9. The Morgan fingerprint density at radius 1 is 1.07 bits per heavy atom. The van der Waals surface area contributed by atoms with Gasteiger partial charge in [0.25, 0.3) is 5.91 Å². The van der Waals surface area contributed by atoms with Crippen molar-refractivity contribution in [3.05, 3.63) is 70.9 Å². The van der Waals surface area contributed by atoms with Gasteiger partial charge in [0.2, 0.25) is 0 Å². The number of methoxy groups -OCH3 is 2. The molecule has 1 amide bonds. The molecule has 0 saturated heterocycles. The Labute approximate surface area is 170 Å². The molecule has 0 unspecified atom stereocenters. The normalized spacial score (nSPS) is 15.1. The number of carbonyl (C=O) groups is 2. The Kier molecular flexibility index (Phi) is 6.02. The molecule has 1 aliphatic rings. The fraction of sp³-hybridized carbons (Fsp3) is 0.217. The maximum atomic E-state index is 13.3. The van der Waals surface area contributed by atoms with Crippen molar-refractivity contribution < 1.29 is 23.8 Å². The number of allylic oxidation sites excluding steroid dienone is 1. The first-order valence-corrected chi connectivity index (χ1v) is 9.22. The Morgan fingerprint density at radius 3 is 2.41 bits per heavy atom. The van der Waals surface area contributed by atoms with Crippen molar-refractivity contribution in [1.82, 2.24) is 0 Å². The summed E-state index contributed by atoms with van der Waals surface area (Å²) in [5.41, 5.74) is 2.42. The van der Waals surface area contributed by atoms with Gasteiger partial charge in [-0.1, -0.05) is 18.2 Å². The lowest BCUT2D eigenvalue weighted by molar-refractivity contribution is -0.136. The number of benzene rings is 2. The van der Waals surface area contributed by atoms with Crippen LogP contribution in [-0.4, -0.2) is 32.7 Å². The van der Waals surface area contributed by atoms with Crippen LogP contribution in [0.2, 0.25) is 0 Å². The van der Waals surface area contributed by atoms with E-state index in [0.717, 1.165) is 11.3 Å². The lowest BCUT2D eigenvalue weighted by Crippen LogP contribution is -2.24. The second kappa shape index (κ2) is 8.65. The van der Waals surface area contributed by atoms with Gasteiger partial charge in [0, 0.05) is 11.8 Å². The predicted octanol–water partition coefficient (Wildman–Crippen LogP) is 3.97. The van der Waals surface area contributed by atoms with E-state index < -0.39 is 5.97 Å². The van der Waals surface area contributed by atoms with Gasteiger partial charge < -0.3 is 14.2 Å². The average molecular weight is 393 g/mol. The number of anilines is 1. The second-order valence-corrected chi connectivity index (χ2v) is 6.35. The minimum atomic E-state index is -0.557. The van der Waals surface area contributed by atoms with Crippen LogP contribution in [0.15, 0.2) is 65.4 Å². The molecule has 0 aliphatic carbocycles. The first-order valence-electron chi connectivity index (χ1n) is 9.22. The molecular weight excluding hydrogens is 370 g/mol. The molecule has 2 aromatic rings. The number of esters is 1. The summed E-state index contributed by atoms with van der Waals surface area (Å²) in [6.45, 7) is 4.21. The number of hydrogen-bond donors (Lipinski definition) is 0. The lowest BCUT2D eigenvalue weighted by atomic mass is 10.0. The summed E-state index contributed by atoms with van der Waals surface area (Å²) in [7, 11) is 2.86. The van der Waals surface area contributed by atoms with E-state index in [9.17, 15) is 9.59 Å². The summed E-state index contributed by atoms with van der Waals surface area (Å²) in [6, 6.07) is 14.4. The first kappa shape index (κ1) is 20.2. The van der Waals surface area contributed by atoms with Crippen LogP contribution in [0, 0.1) is 0 Å². The van der Waals surface area contributed by atoms with Crippen LogP contribution in [-0.2, 0) is 14.3 Å². The van der Waals surface area contributed by atoms with Crippen molar-refractivity contribution in [2.24, 2.45) is 0 Å². The van der Waals surface area contributed by atoms with E-state index in [2.05, 4.69) is 0 Å². The SMILES string of the molecule is CCOc1ccc(/C=C2\C(=O)N(c3cccc(OC)c3)C(C)=C2C(=O)OC)cc1. The van der Waals surface area contributed by atoms with Crippen LogP contribution in [0.4, 0.5) is 5.69 Å². The number of amides is 1. The molecule has 0 fully saturated rings. The molecule has 0 N–H and O–H groups in total. The number of nitrogens with zero attached hydrogens (tertiary/aromatic N) is 1. The third kappa shape index (κ3) is 4.01. The van der Waals surface area contributed by atoms with E-state index >= 15 is 0 Å². The van der Waals surface area contributed by atoms with Crippen LogP contribution in [0.3, 0.4) is 0 Å². The maximum Gasteiger partial charge on any atom is 0.340 e. The predicted molar refractivity (Wildman–Crippen MR) is 111 cm³/mol. The molecule has 2 aromatic carbocycles. The monoisotopic (exact) mass is 393 g/mol. The van der Waals surface area contributed by atoms with E-state index in [4.69, 9.17) is 14.2 Å². The Bertz CT molecular complexity index is 989. The lowest BCUT2D eigenvalue weighted by Gasteiger charge is -2.18. The Morgan fingerprint density at radius 2 is 1.79 bits per heavy atom. The van der Waals surface area contributed by atoms with Gasteiger partial charge in [0.1, 0.15) is 11.5 Å². The number of carbonyl (C=O) groups excluding carboxylic acids is 2. The van der Waals surface area contributed by atoms with Crippen molar-refractivity contribution in [3.63, 3.8) is 0 Å². The Hall–Kier alpha value is -3.54. The maximum absolute atomic E-state index is 13.3. The molecule has 0 radical (unpaired) electrons. The van der Waals surface area contributed by atoms with Crippen molar-refractivity contribution >= 4 is 23.6 Å². The molecule has 6 heteroatoms. The second-order valence-electron chi connectivity index (χ2n) is 6.35. The largest absolute Gasteiger partial charge is 0.497 e. The third-order valence-electron chi connectivity index (χ3n) is 4.60. The van der Waals surface area contributed by atoms with E-state index in [1.165, 1.54) is 12.0 Å². The summed E-state index contributed by atoms with van der Waals surface area (Å²) in [4.78, 5) is 27.2.